The summed E-state index contributed by atoms with van der Waals surface area (Å²) in [4.78, 5) is 10.6. The molecule has 0 aliphatic carbocycles. The van der Waals surface area contributed by atoms with E-state index in [1.54, 1.807) is 0 Å². The number of aromatic nitrogens is 2. The van der Waals surface area contributed by atoms with Crippen molar-refractivity contribution in [2.24, 2.45) is 5.73 Å². The average molecular weight is 333 g/mol. The molecule has 1 heterocycles. The van der Waals surface area contributed by atoms with Crippen LogP contribution in [0.2, 0.25) is 0 Å². The molecule has 2 N–H and O–H groups in total. The number of thioether (sulfide) groups is 2. The van der Waals surface area contributed by atoms with Gasteiger partial charge in [-0.1, -0.05) is 47.0 Å². The number of nitrogens with zero attached hydrogens (tertiary/aromatic N) is 2. The fourth-order valence-electron chi connectivity index (χ4n) is 1.25. The van der Waals surface area contributed by atoms with Gasteiger partial charge in [-0.25, -0.2) is 8.78 Å². The summed E-state index contributed by atoms with van der Waals surface area (Å²) in [5.74, 6) is -1.73. The number of carbonyl (C=O) groups is 1. The molecule has 1 aromatic heterocycles. The Morgan fingerprint density at radius 3 is 2.65 bits per heavy atom. The quantitative estimate of drug-likeness (QED) is 0.823. The third kappa shape index (κ3) is 4.15. The molecule has 9 heteroatoms. The number of hydrogen-bond acceptors (Lipinski definition) is 6. The minimum Gasteiger partial charge on any atom is -0.369 e. The Balaban J connectivity index is 1.94. The largest absolute Gasteiger partial charge is 0.369 e. The minimum atomic E-state index is -0.863. The van der Waals surface area contributed by atoms with E-state index >= 15 is 0 Å². The molecular formula is C11H9F2N3OS3. The lowest BCUT2D eigenvalue weighted by Crippen LogP contribution is -2.12. The average Bonchev–Trinajstić information content (AvgIpc) is 2.86. The van der Waals surface area contributed by atoms with Crippen LogP contribution in [0.1, 0.15) is 5.56 Å². The second-order valence-corrected chi connectivity index (χ2v) is 7.01. The Bertz CT molecular complexity index is 621. The van der Waals surface area contributed by atoms with Crippen LogP contribution in [0.4, 0.5) is 8.78 Å². The lowest BCUT2D eigenvalue weighted by Gasteiger charge is -2.01. The summed E-state index contributed by atoms with van der Waals surface area (Å²) in [7, 11) is 0. The molecule has 4 nitrogen and oxygen atoms in total. The van der Waals surface area contributed by atoms with Crippen molar-refractivity contribution in [2.75, 3.05) is 5.75 Å². The minimum absolute atomic E-state index is 0.137. The van der Waals surface area contributed by atoms with Gasteiger partial charge in [-0.3, -0.25) is 4.79 Å². The first-order chi connectivity index (χ1) is 9.56. The Morgan fingerprint density at radius 1 is 1.25 bits per heavy atom. The zero-order valence-corrected chi connectivity index (χ0v) is 12.5. The van der Waals surface area contributed by atoms with E-state index < -0.39 is 17.5 Å². The van der Waals surface area contributed by atoms with Gasteiger partial charge in [0.2, 0.25) is 5.91 Å². The summed E-state index contributed by atoms with van der Waals surface area (Å²) in [6.07, 6.45) is 0. The zero-order chi connectivity index (χ0) is 14.5. The number of carbonyl (C=O) groups excluding carboxylic acids is 1. The summed E-state index contributed by atoms with van der Waals surface area (Å²) in [6, 6.07) is 4.06. The molecule has 2 aromatic rings. The molecule has 0 aliphatic heterocycles. The van der Waals surface area contributed by atoms with Crippen LogP contribution in [0.15, 0.2) is 26.9 Å². The Labute approximate surface area is 126 Å². The molecule has 0 unspecified atom stereocenters. The van der Waals surface area contributed by atoms with Crippen molar-refractivity contribution in [3.8, 4) is 0 Å². The highest BCUT2D eigenvalue weighted by Crippen LogP contribution is 2.31. The Morgan fingerprint density at radius 2 is 1.95 bits per heavy atom. The SMILES string of the molecule is NC(=O)CSc1nnc(SCc2cccc(F)c2F)s1. The fraction of sp³-hybridized carbons (Fsp3) is 0.182. The molecule has 1 amide bonds. The molecule has 20 heavy (non-hydrogen) atoms. The maximum absolute atomic E-state index is 13.4. The molecule has 1 aromatic carbocycles. The topological polar surface area (TPSA) is 68.9 Å². The van der Waals surface area contributed by atoms with E-state index in [9.17, 15) is 13.6 Å². The number of benzene rings is 1. The molecule has 0 bridgehead atoms. The van der Waals surface area contributed by atoms with Crippen LogP contribution in [-0.2, 0) is 10.5 Å². The standard InChI is InChI=1S/C11H9F2N3OS3/c12-7-3-1-2-6(9(7)13)4-18-10-15-16-11(20-10)19-5-8(14)17/h1-3H,4-5H2,(H2,14,17). The number of nitrogens with two attached hydrogens (primary N) is 1. The normalized spacial score (nSPS) is 10.7. The Kier molecular flexibility index (Phi) is 5.32. The van der Waals surface area contributed by atoms with Crippen molar-refractivity contribution < 1.29 is 13.6 Å². The number of hydrogen-bond donors (Lipinski definition) is 1. The molecule has 0 saturated heterocycles. The first-order valence-corrected chi connectivity index (χ1v) is 8.15. The first kappa shape index (κ1) is 15.2. The molecule has 0 aliphatic rings. The van der Waals surface area contributed by atoms with Crippen LogP contribution in [-0.4, -0.2) is 21.9 Å². The van der Waals surface area contributed by atoms with Gasteiger partial charge in [0, 0.05) is 11.3 Å². The van der Waals surface area contributed by atoms with E-state index in [-0.39, 0.29) is 17.1 Å². The summed E-state index contributed by atoms with van der Waals surface area (Å²) in [5.41, 5.74) is 5.30. The van der Waals surface area contributed by atoms with Gasteiger partial charge in [0.1, 0.15) is 0 Å². The molecule has 0 atom stereocenters. The molecular weight excluding hydrogens is 324 g/mol. The van der Waals surface area contributed by atoms with Crippen LogP contribution in [0.25, 0.3) is 0 Å². The van der Waals surface area contributed by atoms with Gasteiger partial charge in [0.15, 0.2) is 20.3 Å². The van der Waals surface area contributed by atoms with Gasteiger partial charge in [0.05, 0.1) is 5.75 Å². The van der Waals surface area contributed by atoms with E-state index in [2.05, 4.69) is 10.2 Å². The molecule has 0 fully saturated rings. The predicted molar refractivity (Wildman–Crippen MR) is 75.7 cm³/mol. The first-order valence-electron chi connectivity index (χ1n) is 5.36. The second-order valence-electron chi connectivity index (χ2n) is 3.59. The number of primary amides is 1. The van der Waals surface area contributed by atoms with Crippen molar-refractivity contribution in [1.82, 2.24) is 10.2 Å². The van der Waals surface area contributed by atoms with E-state index in [4.69, 9.17) is 5.73 Å². The third-order valence-electron chi connectivity index (χ3n) is 2.11. The lowest BCUT2D eigenvalue weighted by molar-refractivity contribution is -0.115. The van der Waals surface area contributed by atoms with Gasteiger partial charge < -0.3 is 5.73 Å². The lowest BCUT2D eigenvalue weighted by atomic mass is 10.2. The van der Waals surface area contributed by atoms with Crippen molar-refractivity contribution in [3.05, 3.63) is 35.4 Å². The highest BCUT2D eigenvalue weighted by Gasteiger charge is 2.11. The smallest absolute Gasteiger partial charge is 0.227 e. The summed E-state index contributed by atoms with van der Waals surface area (Å²) >= 11 is 3.74. The predicted octanol–water partition coefficient (Wildman–Crippen LogP) is 2.69. The van der Waals surface area contributed by atoms with Gasteiger partial charge in [0.25, 0.3) is 0 Å². The second kappa shape index (κ2) is 7.00. The highest BCUT2D eigenvalue weighted by atomic mass is 32.2. The van der Waals surface area contributed by atoms with Gasteiger partial charge in [-0.05, 0) is 6.07 Å². The summed E-state index contributed by atoms with van der Waals surface area (Å²) in [5, 5.41) is 7.78. The molecule has 0 radical (unpaired) electrons. The van der Waals surface area contributed by atoms with Crippen molar-refractivity contribution in [3.63, 3.8) is 0 Å². The molecule has 2 rings (SSSR count). The molecule has 0 spiro atoms. The highest BCUT2D eigenvalue weighted by molar-refractivity contribution is 8.03. The van der Waals surface area contributed by atoms with E-state index in [0.717, 1.165) is 6.07 Å². The number of halogens is 2. The van der Waals surface area contributed by atoms with E-state index in [1.165, 1.54) is 47.0 Å². The summed E-state index contributed by atoms with van der Waals surface area (Å²) in [6.45, 7) is 0. The monoisotopic (exact) mass is 333 g/mol. The van der Waals surface area contributed by atoms with Crippen molar-refractivity contribution in [2.45, 2.75) is 14.4 Å². The maximum Gasteiger partial charge on any atom is 0.227 e. The molecule has 106 valence electrons. The van der Waals surface area contributed by atoms with Gasteiger partial charge in [-0.2, -0.15) is 0 Å². The van der Waals surface area contributed by atoms with Crippen LogP contribution >= 0.6 is 34.9 Å². The summed E-state index contributed by atoms with van der Waals surface area (Å²) < 4.78 is 27.7. The number of amides is 1. The number of rotatable bonds is 6. The Hall–Kier alpha value is -1.19. The van der Waals surface area contributed by atoms with E-state index in [1.807, 2.05) is 0 Å². The van der Waals surface area contributed by atoms with Crippen molar-refractivity contribution >= 4 is 40.8 Å². The van der Waals surface area contributed by atoms with Crippen LogP contribution in [0.5, 0.6) is 0 Å². The fourth-order valence-corrected chi connectivity index (χ4v) is 3.98. The van der Waals surface area contributed by atoms with Crippen LogP contribution < -0.4 is 5.73 Å². The third-order valence-corrected chi connectivity index (χ3v) is 5.37. The van der Waals surface area contributed by atoms with Gasteiger partial charge in [-0.15, -0.1) is 10.2 Å². The van der Waals surface area contributed by atoms with Crippen LogP contribution in [0.3, 0.4) is 0 Å². The van der Waals surface area contributed by atoms with Crippen molar-refractivity contribution in [1.29, 1.82) is 0 Å². The van der Waals surface area contributed by atoms with Gasteiger partial charge >= 0.3 is 0 Å². The zero-order valence-electron chi connectivity index (χ0n) is 10.0. The van der Waals surface area contributed by atoms with E-state index in [0.29, 0.717) is 8.68 Å². The van der Waals surface area contributed by atoms with Crippen LogP contribution in [0, 0.1) is 11.6 Å². The molecule has 0 saturated carbocycles. The maximum atomic E-state index is 13.4.